The van der Waals surface area contributed by atoms with Gasteiger partial charge in [0, 0.05) is 31.6 Å². The maximum absolute atomic E-state index is 12.9. The molecule has 0 aliphatic carbocycles. The van der Waals surface area contributed by atoms with Crippen molar-refractivity contribution in [1.29, 1.82) is 0 Å². The van der Waals surface area contributed by atoms with Gasteiger partial charge < -0.3 is 5.32 Å². The normalized spacial score (nSPS) is 19.7. The molecule has 0 radical (unpaired) electrons. The largest absolute Gasteiger partial charge is 0.354 e. The van der Waals surface area contributed by atoms with Crippen LogP contribution in [0.4, 0.5) is 0 Å². The zero-order chi connectivity index (χ0) is 22.3. The van der Waals surface area contributed by atoms with Crippen molar-refractivity contribution in [1.82, 2.24) is 14.5 Å². The molecule has 31 heavy (non-hydrogen) atoms. The second kappa shape index (κ2) is 10.9. The lowest BCUT2D eigenvalue weighted by Gasteiger charge is -2.41. The highest BCUT2D eigenvalue weighted by molar-refractivity contribution is 7.89. The molecule has 0 aromatic heterocycles. The minimum Gasteiger partial charge on any atom is -0.354 e. The van der Waals surface area contributed by atoms with Crippen LogP contribution in [-0.4, -0.2) is 61.8 Å². The quantitative estimate of drug-likeness (QED) is 0.659. The van der Waals surface area contributed by atoms with E-state index in [2.05, 4.69) is 24.1 Å². The van der Waals surface area contributed by atoms with Crippen LogP contribution < -0.4 is 5.32 Å². The van der Waals surface area contributed by atoms with Crippen molar-refractivity contribution in [2.75, 3.05) is 32.7 Å². The number of benzene rings is 1. The number of amides is 1. The van der Waals surface area contributed by atoms with E-state index in [9.17, 15) is 13.2 Å². The Hall–Kier alpha value is -1.44. The van der Waals surface area contributed by atoms with Gasteiger partial charge in [-0.3, -0.25) is 9.69 Å². The van der Waals surface area contributed by atoms with E-state index in [1.807, 2.05) is 12.1 Å². The van der Waals surface area contributed by atoms with Crippen molar-refractivity contribution in [3.05, 3.63) is 29.8 Å². The molecule has 2 aliphatic rings. The topological polar surface area (TPSA) is 69.7 Å². The molecule has 0 bridgehead atoms. The summed E-state index contributed by atoms with van der Waals surface area (Å²) >= 11 is 0. The van der Waals surface area contributed by atoms with Crippen LogP contribution in [0.15, 0.2) is 29.2 Å². The Morgan fingerprint density at radius 1 is 0.903 bits per heavy atom. The highest BCUT2D eigenvalue weighted by Crippen LogP contribution is 2.22. The molecule has 174 valence electrons. The van der Waals surface area contributed by atoms with Crippen LogP contribution in [0.25, 0.3) is 0 Å². The second-order valence-corrected chi connectivity index (χ2v) is 11.5. The van der Waals surface area contributed by atoms with Crippen molar-refractivity contribution in [2.45, 2.75) is 82.1 Å². The molecule has 1 N–H and O–H groups in total. The number of hydrogen-bond acceptors (Lipinski definition) is 4. The minimum atomic E-state index is -3.42. The molecule has 7 heteroatoms. The first-order valence-electron chi connectivity index (χ1n) is 11.9. The van der Waals surface area contributed by atoms with Gasteiger partial charge in [-0.05, 0) is 76.7 Å². The number of nitrogens with one attached hydrogen (secondary N) is 1. The van der Waals surface area contributed by atoms with Crippen molar-refractivity contribution in [3.8, 4) is 0 Å². The fraction of sp³-hybridized carbons (Fsp3) is 0.708. The van der Waals surface area contributed by atoms with Gasteiger partial charge in [-0.2, -0.15) is 4.31 Å². The minimum absolute atomic E-state index is 0.0284. The van der Waals surface area contributed by atoms with E-state index in [0.717, 1.165) is 44.3 Å². The molecule has 3 rings (SSSR count). The lowest BCUT2D eigenvalue weighted by Crippen LogP contribution is -2.53. The van der Waals surface area contributed by atoms with Gasteiger partial charge in [-0.25, -0.2) is 8.42 Å². The Balaban J connectivity index is 1.47. The Labute approximate surface area is 188 Å². The number of carbonyl (C=O) groups excluding carboxylic acids is 1. The number of nitrogens with zero attached hydrogens (tertiary/aromatic N) is 2. The molecular formula is C24H39N3O3S. The number of likely N-dealkylation sites (tertiary alicyclic amines) is 1. The second-order valence-electron chi connectivity index (χ2n) is 9.60. The van der Waals surface area contributed by atoms with E-state index in [1.54, 1.807) is 16.4 Å². The van der Waals surface area contributed by atoms with Crippen LogP contribution in [0.1, 0.15) is 70.8 Å². The summed E-state index contributed by atoms with van der Waals surface area (Å²) in [6.45, 7) is 8.48. The number of sulfonamides is 1. The summed E-state index contributed by atoms with van der Waals surface area (Å²) in [5.74, 6) is 0.0475. The first kappa shape index (κ1) is 24.2. The SMILES string of the molecule is CC(C)(CNC(=O)CCc1ccc(S(=O)(=O)N2CCCCCC2)cc1)N1CCCCC1. The zero-order valence-corrected chi connectivity index (χ0v) is 20.1. The first-order valence-corrected chi connectivity index (χ1v) is 13.3. The fourth-order valence-corrected chi connectivity index (χ4v) is 6.05. The summed E-state index contributed by atoms with van der Waals surface area (Å²) in [7, 11) is -3.42. The Kier molecular flexibility index (Phi) is 8.53. The van der Waals surface area contributed by atoms with Crippen LogP contribution in [-0.2, 0) is 21.2 Å². The monoisotopic (exact) mass is 449 g/mol. The summed E-state index contributed by atoms with van der Waals surface area (Å²) < 4.78 is 27.4. The predicted molar refractivity (Wildman–Crippen MR) is 125 cm³/mol. The highest BCUT2D eigenvalue weighted by atomic mass is 32.2. The number of aryl methyl sites for hydroxylation is 1. The van der Waals surface area contributed by atoms with Crippen LogP contribution >= 0.6 is 0 Å². The predicted octanol–water partition coefficient (Wildman–Crippen LogP) is 3.56. The lowest BCUT2D eigenvalue weighted by atomic mass is 9.98. The number of rotatable bonds is 8. The molecule has 2 heterocycles. The molecule has 2 aliphatic heterocycles. The third kappa shape index (κ3) is 6.77. The van der Waals surface area contributed by atoms with Crippen molar-refractivity contribution >= 4 is 15.9 Å². The van der Waals surface area contributed by atoms with Gasteiger partial charge in [-0.15, -0.1) is 0 Å². The number of carbonyl (C=O) groups is 1. The zero-order valence-electron chi connectivity index (χ0n) is 19.2. The third-order valence-electron chi connectivity index (χ3n) is 6.70. The molecular weight excluding hydrogens is 410 g/mol. The summed E-state index contributed by atoms with van der Waals surface area (Å²) in [6.07, 6.45) is 8.86. The van der Waals surface area contributed by atoms with Crippen LogP contribution in [0.5, 0.6) is 0 Å². The van der Waals surface area contributed by atoms with E-state index in [4.69, 9.17) is 0 Å². The van der Waals surface area contributed by atoms with Crippen LogP contribution in [0.3, 0.4) is 0 Å². The third-order valence-corrected chi connectivity index (χ3v) is 8.61. The maximum atomic E-state index is 12.9. The van der Waals surface area contributed by atoms with Gasteiger partial charge in [0.2, 0.25) is 15.9 Å². The summed E-state index contributed by atoms with van der Waals surface area (Å²) in [5, 5.41) is 3.09. The first-order chi connectivity index (χ1) is 14.8. The lowest BCUT2D eigenvalue weighted by molar-refractivity contribution is -0.121. The van der Waals surface area contributed by atoms with Gasteiger partial charge in [0.15, 0.2) is 0 Å². The number of piperidine rings is 1. The standard InChI is InChI=1S/C24H39N3O3S/c1-24(2,26-16-6-5-7-17-26)20-25-23(28)15-12-21-10-13-22(14-11-21)31(29,30)27-18-8-3-4-9-19-27/h10-11,13-14H,3-9,12,15-20H2,1-2H3,(H,25,28). The fourth-order valence-electron chi connectivity index (χ4n) is 4.53. The molecule has 2 fully saturated rings. The molecule has 0 spiro atoms. The average molecular weight is 450 g/mol. The van der Waals surface area contributed by atoms with E-state index >= 15 is 0 Å². The summed E-state index contributed by atoms with van der Waals surface area (Å²) in [5.41, 5.74) is 0.958. The summed E-state index contributed by atoms with van der Waals surface area (Å²) in [4.78, 5) is 15.2. The molecule has 2 saturated heterocycles. The van der Waals surface area contributed by atoms with Gasteiger partial charge >= 0.3 is 0 Å². The molecule has 0 atom stereocenters. The average Bonchev–Trinajstić information content (AvgIpc) is 3.07. The molecule has 1 amide bonds. The molecule has 1 aromatic rings. The molecule has 1 aromatic carbocycles. The van der Waals surface area contributed by atoms with Gasteiger partial charge in [0.25, 0.3) is 0 Å². The van der Waals surface area contributed by atoms with Crippen molar-refractivity contribution < 1.29 is 13.2 Å². The van der Waals surface area contributed by atoms with E-state index in [-0.39, 0.29) is 11.4 Å². The van der Waals surface area contributed by atoms with E-state index in [1.165, 1.54) is 19.3 Å². The van der Waals surface area contributed by atoms with E-state index in [0.29, 0.717) is 37.4 Å². The van der Waals surface area contributed by atoms with Crippen molar-refractivity contribution in [2.24, 2.45) is 0 Å². The van der Waals surface area contributed by atoms with Gasteiger partial charge in [0.05, 0.1) is 4.90 Å². The van der Waals surface area contributed by atoms with Gasteiger partial charge in [0.1, 0.15) is 0 Å². The maximum Gasteiger partial charge on any atom is 0.243 e. The van der Waals surface area contributed by atoms with Crippen LogP contribution in [0, 0.1) is 0 Å². The van der Waals surface area contributed by atoms with Crippen molar-refractivity contribution in [3.63, 3.8) is 0 Å². The Bertz CT molecular complexity index is 807. The smallest absolute Gasteiger partial charge is 0.243 e. The van der Waals surface area contributed by atoms with Gasteiger partial charge in [-0.1, -0.05) is 31.4 Å². The summed E-state index contributed by atoms with van der Waals surface area (Å²) in [6, 6.07) is 7.06. The molecule has 6 nitrogen and oxygen atoms in total. The number of hydrogen-bond donors (Lipinski definition) is 1. The molecule has 0 unspecified atom stereocenters. The highest BCUT2D eigenvalue weighted by Gasteiger charge is 2.28. The Morgan fingerprint density at radius 2 is 1.45 bits per heavy atom. The molecule has 0 saturated carbocycles. The van der Waals surface area contributed by atoms with E-state index < -0.39 is 10.0 Å². The Morgan fingerprint density at radius 3 is 2.06 bits per heavy atom. The van der Waals surface area contributed by atoms with Crippen LogP contribution in [0.2, 0.25) is 0 Å².